The van der Waals surface area contributed by atoms with Crippen molar-refractivity contribution < 1.29 is 9.53 Å². The number of ether oxygens (including phenoxy) is 1. The second kappa shape index (κ2) is 6.61. The van der Waals surface area contributed by atoms with Crippen molar-refractivity contribution in [1.82, 2.24) is 9.80 Å². The Morgan fingerprint density at radius 1 is 1.45 bits per heavy atom. The SMILES string of the molecule is CN1CCC(CN(C)C(=O)COc2ccc(N)cc2)C1. The zero-order valence-electron chi connectivity index (χ0n) is 12.2. The number of benzene rings is 1. The second-order valence-electron chi connectivity index (χ2n) is 5.55. The van der Waals surface area contributed by atoms with Crippen LogP contribution in [-0.4, -0.2) is 56.0 Å². The third kappa shape index (κ3) is 4.13. The second-order valence-corrected chi connectivity index (χ2v) is 5.55. The highest BCUT2D eigenvalue weighted by Crippen LogP contribution is 2.16. The molecule has 1 fully saturated rings. The third-order valence-electron chi connectivity index (χ3n) is 3.69. The number of anilines is 1. The van der Waals surface area contributed by atoms with Gasteiger partial charge in [0.15, 0.2) is 6.61 Å². The summed E-state index contributed by atoms with van der Waals surface area (Å²) in [7, 11) is 3.96. The lowest BCUT2D eigenvalue weighted by Crippen LogP contribution is -2.35. The van der Waals surface area contributed by atoms with E-state index >= 15 is 0 Å². The molecule has 2 rings (SSSR count). The van der Waals surface area contributed by atoms with Crippen LogP contribution < -0.4 is 10.5 Å². The predicted molar refractivity (Wildman–Crippen MR) is 79.6 cm³/mol. The molecule has 1 unspecified atom stereocenters. The van der Waals surface area contributed by atoms with E-state index in [0.717, 1.165) is 26.1 Å². The van der Waals surface area contributed by atoms with Crippen LogP contribution in [0.15, 0.2) is 24.3 Å². The van der Waals surface area contributed by atoms with E-state index in [2.05, 4.69) is 11.9 Å². The molecule has 0 spiro atoms. The van der Waals surface area contributed by atoms with Crippen LogP contribution in [0.25, 0.3) is 0 Å². The number of rotatable bonds is 5. The number of likely N-dealkylation sites (tertiary alicyclic amines) is 1. The number of hydrogen-bond donors (Lipinski definition) is 1. The number of nitrogens with two attached hydrogens (primary N) is 1. The highest BCUT2D eigenvalue weighted by molar-refractivity contribution is 5.77. The molecule has 1 amide bonds. The molecule has 5 heteroatoms. The van der Waals surface area contributed by atoms with Gasteiger partial charge in [-0.1, -0.05) is 0 Å². The van der Waals surface area contributed by atoms with E-state index in [1.54, 1.807) is 29.2 Å². The van der Waals surface area contributed by atoms with Crippen LogP contribution in [0.4, 0.5) is 5.69 Å². The Kier molecular flexibility index (Phi) is 4.84. The summed E-state index contributed by atoms with van der Waals surface area (Å²) in [6, 6.07) is 7.07. The summed E-state index contributed by atoms with van der Waals surface area (Å²) < 4.78 is 5.47. The Labute approximate surface area is 120 Å². The maximum atomic E-state index is 12.0. The number of amides is 1. The lowest BCUT2D eigenvalue weighted by Gasteiger charge is -2.21. The molecule has 2 N–H and O–H groups in total. The van der Waals surface area contributed by atoms with Crippen molar-refractivity contribution in [1.29, 1.82) is 0 Å². The van der Waals surface area contributed by atoms with Crippen LogP contribution in [-0.2, 0) is 4.79 Å². The highest BCUT2D eigenvalue weighted by Gasteiger charge is 2.22. The number of nitrogen functional groups attached to an aromatic ring is 1. The number of carbonyl (C=O) groups excluding carboxylic acids is 1. The van der Waals surface area contributed by atoms with E-state index in [-0.39, 0.29) is 12.5 Å². The number of likely N-dealkylation sites (N-methyl/N-ethyl adjacent to an activating group) is 1. The van der Waals surface area contributed by atoms with Crippen LogP contribution >= 0.6 is 0 Å². The van der Waals surface area contributed by atoms with Crippen molar-refractivity contribution in [2.45, 2.75) is 6.42 Å². The van der Waals surface area contributed by atoms with Gasteiger partial charge in [0.25, 0.3) is 5.91 Å². The summed E-state index contributed by atoms with van der Waals surface area (Å²) in [4.78, 5) is 16.1. The summed E-state index contributed by atoms with van der Waals surface area (Å²) >= 11 is 0. The third-order valence-corrected chi connectivity index (χ3v) is 3.69. The molecule has 0 aliphatic carbocycles. The Hall–Kier alpha value is -1.75. The fraction of sp³-hybridized carbons (Fsp3) is 0.533. The Morgan fingerprint density at radius 2 is 2.15 bits per heavy atom. The number of hydrogen-bond acceptors (Lipinski definition) is 4. The molecular weight excluding hydrogens is 254 g/mol. The minimum absolute atomic E-state index is 0.0105. The van der Waals surface area contributed by atoms with Gasteiger partial charge in [-0.05, 0) is 50.2 Å². The van der Waals surface area contributed by atoms with Crippen molar-refractivity contribution in [3.05, 3.63) is 24.3 Å². The monoisotopic (exact) mass is 277 g/mol. The molecule has 0 aromatic heterocycles. The van der Waals surface area contributed by atoms with Gasteiger partial charge in [0, 0.05) is 25.8 Å². The van der Waals surface area contributed by atoms with Crippen LogP contribution in [0.3, 0.4) is 0 Å². The van der Waals surface area contributed by atoms with E-state index in [0.29, 0.717) is 17.4 Å². The van der Waals surface area contributed by atoms with Gasteiger partial charge in [-0.15, -0.1) is 0 Å². The summed E-state index contributed by atoms with van der Waals surface area (Å²) in [6.07, 6.45) is 1.16. The predicted octanol–water partition coefficient (Wildman–Crippen LogP) is 1.06. The topological polar surface area (TPSA) is 58.8 Å². The number of nitrogens with zero attached hydrogens (tertiary/aromatic N) is 2. The molecule has 1 heterocycles. The van der Waals surface area contributed by atoms with E-state index < -0.39 is 0 Å². The molecular formula is C15H23N3O2. The Bertz CT molecular complexity index is 447. The zero-order chi connectivity index (χ0) is 14.5. The van der Waals surface area contributed by atoms with Crippen molar-refractivity contribution in [2.24, 2.45) is 5.92 Å². The van der Waals surface area contributed by atoms with Crippen LogP contribution in [0.5, 0.6) is 5.75 Å². The minimum atomic E-state index is 0.0105. The minimum Gasteiger partial charge on any atom is -0.484 e. The number of carbonyl (C=O) groups is 1. The lowest BCUT2D eigenvalue weighted by atomic mass is 10.1. The van der Waals surface area contributed by atoms with Gasteiger partial charge in [-0.2, -0.15) is 0 Å². The summed E-state index contributed by atoms with van der Waals surface area (Å²) in [5.74, 6) is 1.25. The fourth-order valence-corrected chi connectivity index (χ4v) is 2.48. The Morgan fingerprint density at radius 3 is 2.75 bits per heavy atom. The molecule has 1 saturated heterocycles. The van der Waals surface area contributed by atoms with E-state index in [9.17, 15) is 4.79 Å². The molecule has 1 aromatic rings. The summed E-state index contributed by atoms with van der Waals surface area (Å²) in [5, 5.41) is 0. The molecule has 1 aliphatic heterocycles. The van der Waals surface area contributed by atoms with Gasteiger partial charge in [0.2, 0.25) is 0 Å². The molecule has 0 radical (unpaired) electrons. The van der Waals surface area contributed by atoms with Gasteiger partial charge >= 0.3 is 0 Å². The fourth-order valence-electron chi connectivity index (χ4n) is 2.48. The van der Waals surface area contributed by atoms with Crippen molar-refractivity contribution in [3.8, 4) is 5.75 Å². The van der Waals surface area contributed by atoms with Crippen molar-refractivity contribution in [3.63, 3.8) is 0 Å². The van der Waals surface area contributed by atoms with Crippen LogP contribution in [0, 0.1) is 5.92 Å². The van der Waals surface area contributed by atoms with Gasteiger partial charge in [-0.25, -0.2) is 0 Å². The lowest BCUT2D eigenvalue weighted by molar-refractivity contribution is -0.132. The highest BCUT2D eigenvalue weighted by atomic mass is 16.5. The molecule has 1 aliphatic rings. The van der Waals surface area contributed by atoms with Gasteiger partial charge in [0.05, 0.1) is 0 Å². The van der Waals surface area contributed by atoms with Crippen molar-refractivity contribution >= 4 is 11.6 Å². The molecule has 1 atom stereocenters. The van der Waals surface area contributed by atoms with Crippen LogP contribution in [0.2, 0.25) is 0 Å². The van der Waals surface area contributed by atoms with Crippen molar-refractivity contribution in [2.75, 3.05) is 46.1 Å². The maximum Gasteiger partial charge on any atom is 0.260 e. The average Bonchev–Trinajstić information content (AvgIpc) is 2.83. The molecule has 5 nitrogen and oxygen atoms in total. The standard InChI is InChI=1S/C15H23N3O2/c1-17-8-7-12(9-17)10-18(2)15(19)11-20-14-5-3-13(16)4-6-14/h3-6,12H,7-11,16H2,1-2H3. The molecule has 110 valence electrons. The Balaban J connectivity index is 1.75. The summed E-state index contributed by atoms with van der Waals surface area (Å²) in [5.41, 5.74) is 6.28. The van der Waals surface area contributed by atoms with E-state index in [1.807, 2.05) is 7.05 Å². The normalized spacial score (nSPS) is 19.0. The smallest absolute Gasteiger partial charge is 0.260 e. The first-order chi connectivity index (χ1) is 9.54. The average molecular weight is 277 g/mol. The maximum absolute atomic E-state index is 12.0. The largest absolute Gasteiger partial charge is 0.484 e. The van der Waals surface area contributed by atoms with E-state index in [1.165, 1.54) is 0 Å². The summed E-state index contributed by atoms with van der Waals surface area (Å²) in [6.45, 7) is 3.06. The van der Waals surface area contributed by atoms with Gasteiger partial charge in [0.1, 0.15) is 5.75 Å². The molecule has 20 heavy (non-hydrogen) atoms. The molecule has 0 bridgehead atoms. The first-order valence-electron chi connectivity index (χ1n) is 6.95. The van der Waals surface area contributed by atoms with Crippen LogP contribution in [0.1, 0.15) is 6.42 Å². The molecule has 0 saturated carbocycles. The first-order valence-corrected chi connectivity index (χ1v) is 6.95. The molecule has 1 aromatic carbocycles. The van der Waals surface area contributed by atoms with Gasteiger partial charge < -0.3 is 20.3 Å². The van der Waals surface area contributed by atoms with Gasteiger partial charge in [-0.3, -0.25) is 4.79 Å². The quantitative estimate of drug-likeness (QED) is 0.818. The van der Waals surface area contributed by atoms with E-state index in [4.69, 9.17) is 10.5 Å². The first kappa shape index (κ1) is 14.7. The zero-order valence-corrected chi connectivity index (χ0v) is 12.2.